The molecule has 2 aromatic rings. The smallest absolute Gasteiger partial charge is 0.264 e. The van der Waals surface area contributed by atoms with Gasteiger partial charge in [0.1, 0.15) is 5.75 Å². The van der Waals surface area contributed by atoms with Gasteiger partial charge in [0.2, 0.25) is 5.91 Å². The molecule has 0 atom stereocenters. The molecule has 0 saturated carbocycles. The third-order valence-corrected chi connectivity index (χ3v) is 3.99. The molecular weight excluding hydrogens is 386 g/mol. The highest BCUT2D eigenvalue weighted by molar-refractivity contribution is 7.80. The molecule has 8 heteroatoms. The number of nitrogens with one attached hydrogen (secondary N) is 3. The molecule has 0 saturated heterocycles. The molecule has 2 amide bonds. The van der Waals surface area contributed by atoms with Crippen molar-refractivity contribution < 1.29 is 14.3 Å². The highest BCUT2D eigenvalue weighted by Gasteiger charge is 2.08. The van der Waals surface area contributed by atoms with Gasteiger partial charge in [-0.05, 0) is 54.9 Å². The molecule has 2 rings (SSSR count). The van der Waals surface area contributed by atoms with Crippen LogP contribution in [0.2, 0.25) is 5.02 Å². The minimum Gasteiger partial charge on any atom is -0.483 e. The number of hydrazine groups is 1. The van der Waals surface area contributed by atoms with Crippen LogP contribution in [0.15, 0.2) is 48.5 Å². The van der Waals surface area contributed by atoms with Crippen molar-refractivity contribution in [2.75, 3.05) is 6.61 Å². The van der Waals surface area contributed by atoms with Crippen LogP contribution >= 0.6 is 23.8 Å². The Balaban J connectivity index is 1.65. The molecule has 0 heterocycles. The third-order valence-electron chi connectivity index (χ3n) is 3.55. The number of carbonyl (C=O) groups excluding carboxylic acids is 2. The average Bonchev–Trinajstić information content (AvgIpc) is 2.65. The summed E-state index contributed by atoms with van der Waals surface area (Å²) >= 11 is 10.8. The minimum absolute atomic E-state index is 0.00973. The molecule has 0 unspecified atom stereocenters. The lowest BCUT2D eigenvalue weighted by molar-refractivity contribution is -0.123. The van der Waals surface area contributed by atoms with E-state index in [-0.39, 0.29) is 17.6 Å². The van der Waals surface area contributed by atoms with E-state index < -0.39 is 5.91 Å². The molecular formula is C19H20ClN3O3S. The summed E-state index contributed by atoms with van der Waals surface area (Å²) in [7, 11) is 0. The Morgan fingerprint density at radius 2 is 1.81 bits per heavy atom. The first-order chi connectivity index (χ1) is 12.9. The summed E-state index contributed by atoms with van der Waals surface area (Å²) in [5.41, 5.74) is 6.83. The summed E-state index contributed by atoms with van der Waals surface area (Å²) in [4.78, 5) is 23.7. The summed E-state index contributed by atoms with van der Waals surface area (Å²) in [5, 5.41) is 3.01. The average molecular weight is 406 g/mol. The van der Waals surface area contributed by atoms with Crippen molar-refractivity contribution in [3.05, 3.63) is 64.7 Å². The summed E-state index contributed by atoms with van der Waals surface area (Å²) in [6, 6.07) is 14.8. The lowest BCUT2D eigenvalue weighted by Crippen LogP contribution is -2.49. The topological polar surface area (TPSA) is 79.5 Å². The monoisotopic (exact) mass is 405 g/mol. The summed E-state index contributed by atoms with van der Waals surface area (Å²) in [5.74, 6) is -0.119. The lowest BCUT2D eigenvalue weighted by atomic mass is 10.1. The van der Waals surface area contributed by atoms with Crippen molar-refractivity contribution in [3.63, 3.8) is 0 Å². The van der Waals surface area contributed by atoms with Gasteiger partial charge >= 0.3 is 0 Å². The normalized spacial score (nSPS) is 10.0. The highest BCUT2D eigenvalue weighted by Crippen LogP contribution is 2.21. The van der Waals surface area contributed by atoms with Gasteiger partial charge in [0.15, 0.2) is 11.7 Å². The Morgan fingerprint density at radius 3 is 2.52 bits per heavy atom. The fourth-order valence-corrected chi connectivity index (χ4v) is 2.60. The number of rotatable bonds is 6. The van der Waals surface area contributed by atoms with Gasteiger partial charge in [0.25, 0.3) is 5.91 Å². The van der Waals surface area contributed by atoms with E-state index in [0.29, 0.717) is 23.6 Å². The molecule has 142 valence electrons. The van der Waals surface area contributed by atoms with E-state index in [2.05, 4.69) is 16.2 Å². The van der Waals surface area contributed by atoms with Crippen molar-refractivity contribution >= 4 is 40.7 Å². The molecule has 0 bridgehead atoms. The fourth-order valence-electron chi connectivity index (χ4n) is 2.20. The first-order valence-electron chi connectivity index (χ1n) is 8.25. The van der Waals surface area contributed by atoms with Crippen LogP contribution in [0, 0.1) is 6.92 Å². The first kappa shape index (κ1) is 20.7. The van der Waals surface area contributed by atoms with E-state index >= 15 is 0 Å². The van der Waals surface area contributed by atoms with Gasteiger partial charge < -0.3 is 4.74 Å². The highest BCUT2D eigenvalue weighted by atomic mass is 35.5. The van der Waals surface area contributed by atoms with Crippen molar-refractivity contribution in [2.24, 2.45) is 0 Å². The SMILES string of the molecule is Cc1cc(Cl)ccc1OCC(=O)NC(=S)NNC(=O)CCc1ccccc1. The van der Waals surface area contributed by atoms with E-state index in [9.17, 15) is 9.59 Å². The van der Waals surface area contributed by atoms with E-state index in [1.807, 2.05) is 37.3 Å². The first-order valence-corrected chi connectivity index (χ1v) is 9.04. The number of thiocarbonyl (C=S) groups is 1. The van der Waals surface area contributed by atoms with Gasteiger partial charge in [0, 0.05) is 11.4 Å². The molecule has 27 heavy (non-hydrogen) atoms. The van der Waals surface area contributed by atoms with Crippen LogP contribution in [0.1, 0.15) is 17.5 Å². The van der Waals surface area contributed by atoms with Crippen LogP contribution in [0.3, 0.4) is 0 Å². The Kier molecular flexibility index (Phi) is 8.03. The number of hydrogen-bond donors (Lipinski definition) is 3. The second-order valence-electron chi connectivity index (χ2n) is 5.73. The van der Waals surface area contributed by atoms with Gasteiger partial charge in [-0.3, -0.25) is 25.8 Å². The molecule has 0 spiro atoms. The van der Waals surface area contributed by atoms with Crippen molar-refractivity contribution in [2.45, 2.75) is 19.8 Å². The minimum atomic E-state index is -0.444. The maximum absolute atomic E-state index is 11.9. The zero-order chi connectivity index (χ0) is 19.6. The molecule has 2 aromatic carbocycles. The lowest BCUT2D eigenvalue weighted by Gasteiger charge is -2.12. The van der Waals surface area contributed by atoms with Gasteiger partial charge in [-0.2, -0.15) is 0 Å². The van der Waals surface area contributed by atoms with E-state index in [1.165, 1.54) is 0 Å². The van der Waals surface area contributed by atoms with Crippen LogP contribution in [0.25, 0.3) is 0 Å². The number of amides is 2. The molecule has 0 aromatic heterocycles. The molecule has 0 aliphatic carbocycles. The fraction of sp³-hybridized carbons (Fsp3) is 0.211. The van der Waals surface area contributed by atoms with Crippen LogP contribution in [-0.2, 0) is 16.0 Å². The number of aryl methyl sites for hydroxylation is 2. The van der Waals surface area contributed by atoms with E-state index in [0.717, 1.165) is 11.1 Å². The Morgan fingerprint density at radius 1 is 1.07 bits per heavy atom. The number of ether oxygens (including phenoxy) is 1. The standard InChI is InChI=1S/C19H20ClN3O3S/c1-13-11-15(20)8-9-16(13)26-12-18(25)21-19(27)23-22-17(24)10-7-14-5-3-2-4-6-14/h2-6,8-9,11H,7,10,12H2,1H3,(H,22,24)(H2,21,23,25,27). The van der Waals surface area contributed by atoms with Crippen LogP contribution < -0.4 is 20.9 Å². The van der Waals surface area contributed by atoms with Crippen molar-refractivity contribution in [1.82, 2.24) is 16.2 Å². The molecule has 0 fully saturated rings. The van der Waals surface area contributed by atoms with Crippen molar-refractivity contribution in [3.8, 4) is 5.75 Å². The summed E-state index contributed by atoms with van der Waals surface area (Å²) in [6.45, 7) is 1.61. The second kappa shape index (κ2) is 10.5. The summed E-state index contributed by atoms with van der Waals surface area (Å²) in [6.07, 6.45) is 0.911. The molecule has 6 nitrogen and oxygen atoms in total. The third kappa shape index (κ3) is 7.64. The number of benzene rings is 2. The van der Waals surface area contributed by atoms with Crippen LogP contribution in [0.5, 0.6) is 5.75 Å². The van der Waals surface area contributed by atoms with Crippen LogP contribution in [0.4, 0.5) is 0 Å². The van der Waals surface area contributed by atoms with E-state index in [1.54, 1.807) is 18.2 Å². The Labute approximate surface area is 168 Å². The van der Waals surface area contributed by atoms with E-state index in [4.69, 9.17) is 28.6 Å². The van der Waals surface area contributed by atoms with Gasteiger partial charge in [0.05, 0.1) is 0 Å². The molecule has 3 N–H and O–H groups in total. The summed E-state index contributed by atoms with van der Waals surface area (Å²) < 4.78 is 5.42. The zero-order valence-corrected chi connectivity index (χ0v) is 16.3. The molecule has 0 radical (unpaired) electrons. The number of hydrogen-bond acceptors (Lipinski definition) is 4. The predicted octanol–water partition coefficient (Wildman–Crippen LogP) is 2.68. The van der Waals surface area contributed by atoms with Gasteiger partial charge in [-0.1, -0.05) is 41.9 Å². The maximum atomic E-state index is 11.9. The molecule has 0 aliphatic heterocycles. The Bertz CT molecular complexity index is 815. The molecule has 0 aliphatic rings. The largest absolute Gasteiger partial charge is 0.483 e. The van der Waals surface area contributed by atoms with Crippen LogP contribution in [-0.4, -0.2) is 23.5 Å². The predicted molar refractivity (Wildman–Crippen MR) is 108 cm³/mol. The van der Waals surface area contributed by atoms with Gasteiger partial charge in [-0.25, -0.2) is 0 Å². The Hall–Kier alpha value is -2.64. The maximum Gasteiger partial charge on any atom is 0.264 e. The second-order valence-corrected chi connectivity index (χ2v) is 6.58. The number of carbonyl (C=O) groups is 2. The number of halogens is 1. The quantitative estimate of drug-likeness (QED) is 0.508. The van der Waals surface area contributed by atoms with Gasteiger partial charge in [-0.15, -0.1) is 0 Å². The zero-order valence-electron chi connectivity index (χ0n) is 14.8. The van der Waals surface area contributed by atoms with Crippen molar-refractivity contribution in [1.29, 1.82) is 0 Å².